The third kappa shape index (κ3) is 8.31. The van der Waals surface area contributed by atoms with Crippen molar-refractivity contribution in [3.05, 3.63) is 53.0 Å². The number of alkyl halides is 3. The Balaban J connectivity index is 2.28. The van der Waals surface area contributed by atoms with E-state index in [1.54, 1.807) is 6.92 Å². The number of hydrogen-bond acceptors (Lipinski definition) is 5. The number of carbonyl (C=O) groups is 1. The van der Waals surface area contributed by atoms with Gasteiger partial charge in [-0.1, -0.05) is 38.8 Å². The molecule has 0 aliphatic carbocycles. The number of halogens is 4. The molecule has 0 spiro atoms. The smallest absolute Gasteiger partial charge is 0.356 e. The summed E-state index contributed by atoms with van der Waals surface area (Å²) < 4.78 is 77.7. The van der Waals surface area contributed by atoms with Crippen LogP contribution in [0.1, 0.15) is 69.2 Å². The molecule has 0 saturated carbocycles. The van der Waals surface area contributed by atoms with E-state index in [1.165, 1.54) is 25.2 Å². The lowest BCUT2D eigenvalue weighted by atomic mass is 9.99. The molecule has 0 aliphatic heterocycles. The number of benzene rings is 1. The Morgan fingerprint density at radius 3 is 2.22 bits per heavy atom. The predicted octanol–water partition coefficient (Wildman–Crippen LogP) is 5.03. The van der Waals surface area contributed by atoms with Crippen LogP contribution in [0.4, 0.5) is 29.1 Å². The van der Waals surface area contributed by atoms with Crippen molar-refractivity contribution < 1.29 is 30.8 Å². The molecular formula is C25H34F4N4O3S. The molecule has 0 radical (unpaired) electrons. The van der Waals surface area contributed by atoms with Gasteiger partial charge in [0.15, 0.2) is 0 Å². The van der Waals surface area contributed by atoms with Gasteiger partial charge in [-0.15, -0.1) is 0 Å². The van der Waals surface area contributed by atoms with Gasteiger partial charge in [0.2, 0.25) is 16.8 Å². The first-order valence-corrected chi connectivity index (χ1v) is 13.3. The number of thiol groups is 1. The highest BCUT2D eigenvalue weighted by Crippen LogP contribution is 2.31. The third-order valence-electron chi connectivity index (χ3n) is 6.02. The average molecular weight is 547 g/mol. The molecular weight excluding hydrogens is 512 g/mol. The highest BCUT2D eigenvalue weighted by Gasteiger charge is 2.33. The van der Waals surface area contributed by atoms with Crippen molar-refractivity contribution in [2.24, 2.45) is 0 Å². The Labute approximate surface area is 217 Å². The zero-order chi connectivity index (χ0) is 27.8. The number of unbranched alkanes of at least 4 members (excludes halogenated alkanes) is 2. The standard InChI is InChI=1S/C25H34F4N4O3S/c1-5-7-13-33(14-8-6-2)23-19(10-12-22(31-23)25(27,28)29)16-30-24(34)17(3)18-9-11-21(20(26)15-18)32(4)37(35)36/h9-12,15,17,37H,5-8,13-14,16H2,1-4H3,(H,30,34). The Kier molecular flexibility index (Phi) is 11.1. The number of nitrogens with one attached hydrogen (secondary N) is 1. The maximum absolute atomic E-state index is 14.5. The van der Waals surface area contributed by atoms with Gasteiger partial charge in [0.05, 0.1) is 11.6 Å². The predicted molar refractivity (Wildman–Crippen MR) is 137 cm³/mol. The van der Waals surface area contributed by atoms with E-state index in [0.29, 0.717) is 24.2 Å². The van der Waals surface area contributed by atoms with Crippen LogP contribution in [0.25, 0.3) is 0 Å². The van der Waals surface area contributed by atoms with Gasteiger partial charge in [-0.3, -0.25) is 9.10 Å². The van der Waals surface area contributed by atoms with Crippen molar-refractivity contribution in [3.63, 3.8) is 0 Å². The summed E-state index contributed by atoms with van der Waals surface area (Å²) in [5.74, 6) is -1.86. The lowest BCUT2D eigenvalue weighted by Crippen LogP contribution is -2.32. The fourth-order valence-electron chi connectivity index (χ4n) is 3.70. The van der Waals surface area contributed by atoms with Crippen molar-refractivity contribution in [2.45, 2.75) is 65.1 Å². The van der Waals surface area contributed by atoms with Crippen LogP contribution < -0.4 is 14.5 Å². The van der Waals surface area contributed by atoms with E-state index in [1.807, 2.05) is 18.7 Å². The monoisotopic (exact) mass is 546 g/mol. The maximum atomic E-state index is 14.5. The number of aromatic nitrogens is 1. The van der Waals surface area contributed by atoms with Gasteiger partial charge in [-0.05, 0) is 43.5 Å². The first-order chi connectivity index (χ1) is 17.4. The average Bonchev–Trinajstić information content (AvgIpc) is 2.85. The second-order valence-corrected chi connectivity index (χ2v) is 9.86. The van der Waals surface area contributed by atoms with Crippen LogP contribution in [0.2, 0.25) is 0 Å². The van der Waals surface area contributed by atoms with Crippen molar-refractivity contribution in [1.29, 1.82) is 0 Å². The highest BCUT2D eigenvalue weighted by atomic mass is 32.2. The molecule has 1 N–H and O–H groups in total. The summed E-state index contributed by atoms with van der Waals surface area (Å²) in [6.45, 7) is 6.57. The normalized spacial score (nSPS) is 12.5. The number of rotatable bonds is 13. The first kappa shape index (κ1) is 30.3. The number of hydrogen-bond donors (Lipinski definition) is 2. The molecule has 0 saturated heterocycles. The second-order valence-electron chi connectivity index (χ2n) is 8.78. The minimum absolute atomic E-state index is 0.0572. The number of carbonyl (C=O) groups excluding carboxylic acids is 1. The first-order valence-electron chi connectivity index (χ1n) is 12.2. The molecule has 7 nitrogen and oxygen atoms in total. The van der Waals surface area contributed by atoms with Crippen LogP contribution in [0, 0.1) is 5.82 Å². The summed E-state index contributed by atoms with van der Waals surface area (Å²) >= 11 is 0. The van der Waals surface area contributed by atoms with Gasteiger partial charge < -0.3 is 10.2 Å². The number of pyridine rings is 1. The second kappa shape index (κ2) is 13.6. The van der Waals surface area contributed by atoms with Crippen LogP contribution >= 0.6 is 0 Å². The molecule has 1 aromatic carbocycles. The van der Waals surface area contributed by atoms with E-state index in [-0.39, 0.29) is 18.1 Å². The number of amides is 1. The maximum Gasteiger partial charge on any atom is 0.433 e. The van der Waals surface area contributed by atoms with Gasteiger partial charge in [0, 0.05) is 32.2 Å². The van der Waals surface area contributed by atoms with Gasteiger partial charge in [-0.2, -0.15) is 13.2 Å². The summed E-state index contributed by atoms with van der Waals surface area (Å²) in [5.41, 5.74) is -0.369. The molecule has 1 unspecified atom stereocenters. The lowest BCUT2D eigenvalue weighted by Gasteiger charge is -2.27. The zero-order valence-corrected chi connectivity index (χ0v) is 22.3. The van der Waals surface area contributed by atoms with Gasteiger partial charge >= 0.3 is 6.18 Å². The molecule has 2 aromatic rings. The van der Waals surface area contributed by atoms with Crippen LogP contribution in [-0.4, -0.2) is 39.4 Å². The van der Waals surface area contributed by atoms with Crippen LogP contribution in [0.5, 0.6) is 0 Å². The van der Waals surface area contributed by atoms with E-state index in [0.717, 1.165) is 42.1 Å². The van der Waals surface area contributed by atoms with E-state index in [9.17, 15) is 30.8 Å². The Morgan fingerprint density at radius 2 is 1.70 bits per heavy atom. The Bertz CT molecular complexity index is 1130. The molecule has 0 fully saturated rings. The molecule has 0 bridgehead atoms. The van der Waals surface area contributed by atoms with Gasteiger partial charge in [0.25, 0.3) is 0 Å². The summed E-state index contributed by atoms with van der Waals surface area (Å²) in [5, 5.41) is 2.72. The molecule has 1 atom stereocenters. The minimum Gasteiger partial charge on any atom is -0.356 e. The molecule has 1 aromatic heterocycles. The summed E-state index contributed by atoms with van der Waals surface area (Å²) in [6, 6.07) is 6.06. The molecule has 1 amide bonds. The molecule has 1 heterocycles. The Morgan fingerprint density at radius 1 is 1.08 bits per heavy atom. The SMILES string of the molecule is CCCCN(CCCC)c1nc(C(F)(F)F)ccc1CNC(=O)C(C)c1ccc(N(C)[SH](=O)=O)c(F)c1. The molecule has 12 heteroatoms. The summed E-state index contributed by atoms with van der Waals surface area (Å²) in [7, 11) is -1.81. The van der Waals surface area contributed by atoms with E-state index in [2.05, 4.69) is 10.3 Å². The molecule has 0 aliphatic rings. The number of anilines is 2. The summed E-state index contributed by atoms with van der Waals surface area (Å²) in [6.07, 6.45) is -1.32. The van der Waals surface area contributed by atoms with E-state index in [4.69, 9.17) is 0 Å². The highest BCUT2D eigenvalue weighted by molar-refractivity contribution is 7.74. The van der Waals surface area contributed by atoms with E-state index >= 15 is 0 Å². The molecule has 37 heavy (non-hydrogen) atoms. The third-order valence-corrected chi connectivity index (χ3v) is 6.73. The topological polar surface area (TPSA) is 82.6 Å². The van der Waals surface area contributed by atoms with Crippen LogP contribution in [0.3, 0.4) is 0 Å². The molecule has 206 valence electrons. The van der Waals surface area contributed by atoms with Crippen molar-refractivity contribution >= 4 is 28.3 Å². The fourth-order valence-corrected chi connectivity index (χ4v) is 4.04. The Hall–Kier alpha value is -2.89. The zero-order valence-electron chi connectivity index (χ0n) is 21.4. The summed E-state index contributed by atoms with van der Waals surface area (Å²) in [4.78, 5) is 18.6. The fraction of sp³-hybridized carbons (Fsp3) is 0.520. The minimum atomic E-state index is -4.60. The van der Waals surface area contributed by atoms with Crippen LogP contribution in [0.15, 0.2) is 30.3 Å². The largest absolute Gasteiger partial charge is 0.433 e. The van der Waals surface area contributed by atoms with Crippen molar-refractivity contribution in [1.82, 2.24) is 10.3 Å². The van der Waals surface area contributed by atoms with Gasteiger partial charge in [0.1, 0.15) is 17.3 Å². The lowest BCUT2D eigenvalue weighted by molar-refractivity contribution is -0.141. The van der Waals surface area contributed by atoms with Gasteiger partial charge in [-0.25, -0.2) is 17.8 Å². The van der Waals surface area contributed by atoms with E-state index < -0.39 is 40.4 Å². The molecule has 2 rings (SSSR count). The van der Waals surface area contributed by atoms with Crippen molar-refractivity contribution in [3.8, 4) is 0 Å². The van der Waals surface area contributed by atoms with Crippen LogP contribution in [-0.2, 0) is 28.4 Å². The quantitative estimate of drug-likeness (QED) is 0.272. The number of nitrogens with zero attached hydrogens (tertiary/aromatic N) is 3. The van der Waals surface area contributed by atoms with Crippen molar-refractivity contribution in [2.75, 3.05) is 29.3 Å².